The van der Waals surface area contributed by atoms with Gasteiger partial charge in [-0.25, -0.2) is 0 Å². The van der Waals surface area contributed by atoms with Crippen molar-refractivity contribution in [2.45, 2.75) is 63.3 Å². The minimum Gasteiger partial charge on any atom is -0.386 e. The molecule has 1 aromatic heterocycles. The molecule has 1 unspecified atom stereocenters. The van der Waals surface area contributed by atoms with Crippen LogP contribution in [0.5, 0.6) is 0 Å². The average molecular weight is 303 g/mol. The lowest BCUT2D eigenvalue weighted by molar-refractivity contribution is 0.189. The third kappa shape index (κ3) is 3.89. The van der Waals surface area contributed by atoms with Gasteiger partial charge in [0, 0.05) is 17.0 Å². The Morgan fingerprint density at radius 3 is 2.74 bits per heavy atom. The van der Waals surface area contributed by atoms with E-state index in [9.17, 15) is 5.11 Å². The second-order valence-electron chi connectivity index (χ2n) is 5.53. The normalized spacial score (nSPS) is 19.0. The molecule has 0 spiro atoms. The number of aliphatic hydroxyl groups is 1. The Kier molecular flexibility index (Phi) is 5.60. The van der Waals surface area contributed by atoms with Crippen LogP contribution in [0.2, 0.25) is 5.02 Å². The van der Waals surface area contributed by atoms with E-state index in [1.165, 1.54) is 32.1 Å². The molecule has 19 heavy (non-hydrogen) atoms. The van der Waals surface area contributed by atoms with E-state index in [0.29, 0.717) is 16.0 Å². The highest BCUT2D eigenvalue weighted by Crippen LogP contribution is 2.33. The fourth-order valence-corrected chi connectivity index (χ4v) is 4.15. The zero-order valence-corrected chi connectivity index (χ0v) is 13.3. The summed E-state index contributed by atoms with van der Waals surface area (Å²) in [5.41, 5.74) is 0.764. The summed E-state index contributed by atoms with van der Waals surface area (Å²) in [7, 11) is 0. The molecule has 0 aromatic carbocycles. The Morgan fingerprint density at radius 1 is 1.42 bits per heavy atom. The van der Waals surface area contributed by atoms with Gasteiger partial charge in [-0.1, -0.05) is 30.9 Å². The molecule has 3 nitrogen and oxygen atoms in total. The Hall–Kier alpha value is -0.190. The topological polar surface area (TPSA) is 38.0 Å². The fraction of sp³-hybridized carbons (Fsp3) is 0.786. The Balaban J connectivity index is 1.95. The predicted octanol–water partition coefficient (Wildman–Crippen LogP) is 4.22. The van der Waals surface area contributed by atoms with Gasteiger partial charge in [0.15, 0.2) is 0 Å². The van der Waals surface area contributed by atoms with E-state index in [-0.39, 0.29) is 6.04 Å². The summed E-state index contributed by atoms with van der Waals surface area (Å²) in [5, 5.41) is 15.9. The first-order valence-electron chi connectivity index (χ1n) is 7.12. The number of rotatable bonds is 5. The van der Waals surface area contributed by atoms with Crippen LogP contribution in [-0.4, -0.2) is 25.9 Å². The van der Waals surface area contributed by atoms with Gasteiger partial charge in [-0.3, -0.25) is 4.68 Å². The SMILES string of the molecule is CC(C)n1ncc(Cl)c1C(O)CSC1CCCCC1. The van der Waals surface area contributed by atoms with Gasteiger partial charge >= 0.3 is 0 Å². The molecule has 1 aliphatic carbocycles. The highest BCUT2D eigenvalue weighted by atomic mass is 35.5. The van der Waals surface area contributed by atoms with Crippen molar-refractivity contribution in [3.8, 4) is 0 Å². The molecule has 1 aliphatic rings. The Labute approximate surface area is 124 Å². The number of aromatic nitrogens is 2. The Bertz CT molecular complexity index is 402. The standard InChI is InChI=1S/C14H23ClN2OS/c1-10(2)17-14(12(15)8-16-17)13(18)9-19-11-6-4-3-5-7-11/h8,10-11,13,18H,3-7,9H2,1-2H3. The van der Waals surface area contributed by atoms with Crippen molar-refractivity contribution in [1.82, 2.24) is 9.78 Å². The molecule has 0 aliphatic heterocycles. The quantitative estimate of drug-likeness (QED) is 0.885. The molecule has 1 atom stereocenters. The minimum absolute atomic E-state index is 0.219. The van der Waals surface area contributed by atoms with Gasteiger partial charge in [0.1, 0.15) is 6.10 Å². The zero-order chi connectivity index (χ0) is 13.8. The predicted molar refractivity (Wildman–Crippen MR) is 81.9 cm³/mol. The second-order valence-corrected chi connectivity index (χ2v) is 7.27. The number of hydrogen-bond acceptors (Lipinski definition) is 3. The van der Waals surface area contributed by atoms with E-state index in [1.807, 2.05) is 30.3 Å². The summed E-state index contributed by atoms with van der Waals surface area (Å²) >= 11 is 8.04. The van der Waals surface area contributed by atoms with Crippen molar-refractivity contribution in [1.29, 1.82) is 0 Å². The van der Waals surface area contributed by atoms with E-state index in [2.05, 4.69) is 5.10 Å². The van der Waals surface area contributed by atoms with Gasteiger partial charge in [0.05, 0.1) is 16.9 Å². The van der Waals surface area contributed by atoms with Crippen LogP contribution in [0.15, 0.2) is 6.20 Å². The van der Waals surface area contributed by atoms with Crippen molar-refractivity contribution >= 4 is 23.4 Å². The monoisotopic (exact) mass is 302 g/mol. The van der Waals surface area contributed by atoms with Crippen LogP contribution >= 0.6 is 23.4 Å². The van der Waals surface area contributed by atoms with Crippen molar-refractivity contribution in [2.75, 3.05) is 5.75 Å². The lowest BCUT2D eigenvalue weighted by Crippen LogP contribution is -2.15. The molecular formula is C14H23ClN2OS. The molecule has 0 amide bonds. The number of hydrogen-bond donors (Lipinski definition) is 1. The van der Waals surface area contributed by atoms with Crippen molar-refractivity contribution in [3.05, 3.63) is 16.9 Å². The van der Waals surface area contributed by atoms with Crippen LogP contribution in [0.4, 0.5) is 0 Å². The molecule has 1 heterocycles. The zero-order valence-electron chi connectivity index (χ0n) is 11.7. The number of nitrogens with zero attached hydrogens (tertiary/aromatic N) is 2. The lowest BCUT2D eigenvalue weighted by atomic mass is 10.0. The van der Waals surface area contributed by atoms with Crippen molar-refractivity contribution < 1.29 is 5.11 Å². The number of thioether (sulfide) groups is 1. The van der Waals surface area contributed by atoms with E-state index < -0.39 is 6.10 Å². The largest absolute Gasteiger partial charge is 0.386 e. The van der Waals surface area contributed by atoms with Crippen LogP contribution in [0.25, 0.3) is 0 Å². The van der Waals surface area contributed by atoms with Crippen LogP contribution in [0.3, 0.4) is 0 Å². The summed E-state index contributed by atoms with van der Waals surface area (Å²) in [6.45, 7) is 4.10. The number of halogens is 1. The average Bonchev–Trinajstić information content (AvgIpc) is 2.79. The maximum atomic E-state index is 10.4. The first-order valence-corrected chi connectivity index (χ1v) is 8.55. The van der Waals surface area contributed by atoms with E-state index in [0.717, 1.165) is 5.69 Å². The molecule has 1 N–H and O–H groups in total. The van der Waals surface area contributed by atoms with E-state index >= 15 is 0 Å². The van der Waals surface area contributed by atoms with Gasteiger partial charge in [-0.2, -0.15) is 16.9 Å². The summed E-state index contributed by atoms with van der Waals surface area (Å²) in [4.78, 5) is 0. The third-order valence-electron chi connectivity index (χ3n) is 3.63. The van der Waals surface area contributed by atoms with E-state index in [4.69, 9.17) is 11.6 Å². The maximum absolute atomic E-state index is 10.4. The number of aliphatic hydroxyl groups excluding tert-OH is 1. The maximum Gasteiger partial charge on any atom is 0.106 e. The highest BCUT2D eigenvalue weighted by Gasteiger charge is 2.22. The summed E-state index contributed by atoms with van der Waals surface area (Å²) in [6, 6.07) is 0.219. The third-order valence-corrected chi connectivity index (χ3v) is 5.38. The van der Waals surface area contributed by atoms with Crippen molar-refractivity contribution in [2.24, 2.45) is 0 Å². The molecule has 0 bridgehead atoms. The molecule has 0 radical (unpaired) electrons. The van der Waals surface area contributed by atoms with Crippen LogP contribution < -0.4 is 0 Å². The molecule has 5 heteroatoms. The summed E-state index contributed by atoms with van der Waals surface area (Å²) in [6.07, 6.45) is 7.71. The van der Waals surface area contributed by atoms with Gasteiger partial charge in [-0.05, 0) is 26.7 Å². The lowest BCUT2D eigenvalue weighted by Gasteiger charge is -2.23. The van der Waals surface area contributed by atoms with Gasteiger partial charge < -0.3 is 5.11 Å². The van der Waals surface area contributed by atoms with Gasteiger partial charge in [-0.15, -0.1) is 0 Å². The van der Waals surface area contributed by atoms with Gasteiger partial charge in [0.25, 0.3) is 0 Å². The second kappa shape index (κ2) is 7.00. The fourth-order valence-electron chi connectivity index (χ4n) is 2.61. The molecule has 1 fully saturated rings. The first-order chi connectivity index (χ1) is 9.09. The molecule has 0 saturated heterocycles. The molecule has 108 valence electrons. The molecular weight excluding hydrogens is 280 g/mol. The van der Waals surface area contributed by atoms with Crippen LogP contribution in [0, 0.1) is 0 Å². The van der Waals surface area contributed by atoms with Crippen LogP contribution in [-0.2, 0) is 0 Å². The molecule has 1 aromatic rings. The first kappa shape index (κ1) is 15.2. The summed E-state index contributed by atoms with van der Waals surface area (Å²) in [5.74, 6) is 0.711. The minimum atomic E-state index is -0.524. The summed E-state index contributed by atoms with van der Waals surface area (Å²) < 4.78 is 1.83. The van der Waals surface area contributed by atoms with Crippen LogP contribution in [0.1, 0.15) is 63.8 Å². The highest BCUT2D eigenvalue weighted by molar-refractivity contribution is 7.99. The van der Waals surface area contributed by atoms with Gasteiger partial charge in [0.2, 0.25) is 0 Å². The Morgan fingerprint density at radius 2 is 2.11 bits per heavy atom. The molecule has 1 saturated carbocycles. The van der Waals surface area contributed by atoms with Crippen molar-refractivity contribution in [3.63, 3.8) is 0 Å². The van der Waals surface area contributed by atoms with E-state index in [1.54, 1.807) is 6.20 Å². The smallest absolute Gasteiger partial charge is 0.106 e. The molecule has 2 rings (SSSR count).